The molecule has 340 valence electrons. The van der Waals surface area contributed by atoms with Crippen LogP contribution >= 0.6 is 0 Å². The van der Waals surface area contributed by atoms with Gasteiger partial charge in [-0.3, -0.25) is 19.0 Å². The van der Waals surface area contributed by atoms with Gasteiger partial charge in [-0.2, -0.15) is 25.6 Å². The third-order valence-electron chi connectivity index (χ3n) is 12.1. The third kappa shape index (κ3) is 10.3. The van der Waals surface area contributed by atoms with Crippen LogP contribution in [0.5, 0.6) is 0 Å². The molecule has 0 spiro atoms. The van der Waals surface area contributed by atoms with E-state index in [0.29, 0.717) is 43.5 Å². The van der Waals surface area contributed by atoms with Crippen molar-refractivity contribution in [1.29, 1.82) is 0 Å². The minimum absolute atomic E-state index is 0.0173. The molecule has 0 bridgehead atoms. The Balaban J connectivity index is 0.000000167. The smallest absolute Gasteiger partial charge is 0.328 e. The summed E-state index contributed by atoms with van der Waals surface area (Å²) in [6.07, 6.45) is 17.2. The van der Waals surface area contributed by atoms with Crippen molar-refractivity contribution in [3.8, 4) is 22.3 Å². The predicted octanol–water partition coefficient (Wildman–Crippen LogP) is 6.01. The van der Waals surface area contributed by atoms with Gasteiger partial charge in [0.1, 0.15) is 24.4 Å². The summed E-state index contributed by atoms with van der Waals surface area (Å²) in [4.78, 5) is 45.0. The van der Waals surface area contributed by atoms with Gasteiger partial charge in [0.2, 0.25) is 17.8 Å². The Labute approximate surface area is 383 Å². The highest BCUT2D eigenvalue weighted by Gasteiger charge is 2.26. The van der Waals surface area contributed by atoms with E-state index in [1.165, 1.54) is 22.3 Å². The summed E-state index contributed by atoms with van der Waals surface area (Å²) < 4.78 is 8.75. The van der Waals surface area contributed by atoms with Crippen LogP contribution in [-0.2, 0) is 78.9 Å². The maximum absolute atomic E-state index is 12.9. The minimum Gasteiger partial charge on any atom is -0.459 e. The molecule has 5 aromatic heterocycles. The Morgan fingerprint density at radius 3 is 1.59 bits per heavy atom. The number of nitrogens with zero attached hydrogens (tertiary/aromatic N) is 11. The monoisotopic (exact) mass is 888 g/mol. The minimum atomic E-state index is -0.516. The van der Waals surface area contributed by atoms with Gasteiger partial charge in [0, 0.05) is 84.5 Å². The molecule has 3 aliphatic rings. The molecular formula is C49H56N14O3. The lowest BCUT2D eigenvalue weighted by Gasteiger charge is -2.25. The number of H-pyrrole nitrogens is 1. The van der Waals surface area contributed by atoms with E-state index in [1.807, 2.05) is 69.8 Å². The van der Waals surface area contributed by atoms with Crippen molar-refractivity contribution in [1.82, 2.24) is 59.8 Å². The SMILES string of the molecule is CCc1nn(CC(=O)N2CCc3n[nH]nc3C2)cc1-c1cnc(NC2Cc3ccccc3C2)nc1.CCc1nn(CC(=O)OC(C)(C)C)cc1-c1cnc(NC2Cc3ccccc3C2)nc1. The van der Waals surface area contributed by atoms with Crippen molar-refractivity contribution in [2.24, 2.45) is 0 Å². The first-order valence-corrected chi connectivity index (χ1v) is 22.8. The molecule has 0 fully saturated rings. The number of benzene rings is 2. The molecule has 66 heavy (non-hydrogen) atoms. The molecule has 17 nitrogen and oxygen atoms in total. The van der Waals surface area contributed by atoms with E-state index in [9.17, 15) is 9.59 Å². The van der Waals surface area contributed by atoms with E-state index in [4.69, 9.17) is 4.74 Å². The first-order chi connectivity index (χ1) is 32.0. The molecule has 1 amide bonds. The van der Waals surface area contributed by atoms with Gasteiger partial charge in [-0.15, -0.1) is 0 Å². The van der Waals surface area contributed by atoms with E-state index in [2.05, 4.69) is 112 Å². The van der Waals surface area contributed by atoms with Crippen LogP contribution < -0.4 is 10.6 Å². The van der Waals surface area contributed by atoms with Gasteiger partial charge in [-0.25, -0.2) is 19.9 Å². The standard InChI is InChI=1S/C25H27N9O.C24H29N5O2/c1-2-21-20(13-34(31-21)15-24(35)33-8-7-22-23(14-33)30-32-29-22)18-11-26-25(27-12-18)28-19-9-16-5-3-4-6-17(16)10-19;1-5-21-20(14-29(28-21)15-22(30)31-24(2,3)4)18-12-25-23(26-13-18)27-19-10-16-8-6-7-9-17(16)11-19/h3-6,11-13,19H,2,7-10,14-15H2,1H3,(H,26,27,28)(H,29,30,32);6-9,12-14,19H,5,10-11,15H2,1-4H3,(H,25,26,27). The maximum Gasteiger partial charge on any atom is 0.328 e. The van der Waals surface area contributed by atoms with Crippen molar-refractivity contribution < 1.29 is 14.3 Å². The summed E-state index contributed by atoms with van der Waals surface area (Å²) in [5.74, 6) is 0.964. The number of hydrogen-bond donors (Lipinski definition) is 3. The van der Waals surface area contributed by atoms with Gasteiger partial charge >= 0.3 is 5.97 Å². The third-order valence-corrected chi connectivity index (χ3v) is 12.1. The number of ether oxygens (including phenoxy) is 1. The molecule has 2 aromatic carbocycles. The number of aromatic nitrogens is 11. The number of aromatic amines is 1. The maximum atomic E-state index is 12.9. The fourth-order valence-corrected chi connectivity index (χ4v) is 8.92. The highest BCUT2D eigenvalue weighted by Crippen LogP contribution is 2.28. The molecule has 2 aliphatic carbocycles. The average Bonchev–Trinajstić information content (AvgIpc) is 4.16. The lowest BCUT2D eigenvalue weighted by atomic mass is 10.1. The van der Waals surface area contributed by atoms with E-state index in [1.54, 1.807) is 9.36 Å². The number of carbonyl (C=O) groups is 2. The van der Waals surface area contributed by atoms with Crippen molar-refractivity contribution in [3.63, 3.8) is 0 Å². The number of esters is 1. The molecule has 0 atom stereocenters. The van der Waals surface area contributed by atoms with Crippen LogP contribution in [0.15, 0.2) is 85.7 Å². The number of carbonyl (C=O) groups excluding carboxylic acids is 2. The molecule has 0 saturated heterocycles. The molecular weight excluding hydrogens is 833 g/mol. The summed E-state index contributed by atoms with van der Waals surface area (Å²) in [5.41, 5.74) is 12.3. The molecule has 0 saturated carbocycles. The zero-order valence-electron chi connectivity index (χ0n) is 38.2. The second-order valence-corrected chi connectivity index (χ2v) is 18.1. The van der Waals surface area contributed by atoms with Crippen LogP contribution in [0.1, 0.15) is 79.6 Å². The number of fused-ring (bicyclic) bond motifs is 3. The van der Waals surface area contributed by atoms with Gasteiger partial charge in [0.25, 0.3) is 0 Å². The highest BCUT2D eigenvalue weighted by atomic mass is 16.6. The first kappa shape index (κ1) is 43.9. The van der Waals surface area contributed by atoms with E-state index >= 15 is 0 Å². The number of aryl methyl sites for hydroxylation is 2. The fourth-order valence-electron chi connectivity index (χ4n) is 8.92. The van der Waals surface area contributed by atoms with Gasteiger partial charge < -0.3 is 20.3 Å². The van der Waals surface area contributed by atoms with Crippen molar-refractivity contribution >= 4 is 23.8 Å². The van der Waals surface area contributed by atoms with Gasteiger partial charge in [-0.05, 0) is 81.5 Å². The topological polar surface area (TPSA) is 199 Å². The van der Waals surface area contributed by atoms with Crippen LogP contribution in [0.4, 0.5) is 11.9 Å². The number of nitrogens with one attached hydrogen (secondary N) is 3. The fraction of sp³-hybridized carbons (Fsp3) is 0.388. The molecule has 6 heterocycles. The van der Waals surface area contributed by atoms with Crippen molar-refractivity contribution in [2.75, 3.05) is 17.2 Å². The summed E-state index contributed by atoms with van der Waals surface area (Å²) >= 11 is 0. The quantitative estimate of drug-likeness (QED) is 0.121. The molecule has 0 radical (unpaired) electrons. The summed E-state index contributed by atoms with van der Waals surface area (Å²) in [6, 6.07) is 17.7. The molecule has 3 N–H and O–H groups in total. The van der Waals surface area contributed by atoms with E-state index in [0.717, 1.165) is 83.6 Å². The highest BCUT2D eigenvalue weighted by molar-refractivity contribution is 5.76. The van der Waals surface area contributed by atoms with Crippen LogP contribution in [0.2, 0.25) is 0 Å². The predicted molar refractivity (Wildman–Crippen MR) is 249 cm³/mol. The average molecular weight is 889 g/mol. The molecule has 10 rings (SSSR count). The first-order valence-electron chi connectivity index (χ1n) is 22.8. The second-order valence-electron chi connectivity index (χ2n) is 18.1. The lowest BCUT2D eigenvalue weighted by molar-refractivity contribution is -0.155. The largest absolute Gasteiger partial charge is 0.459 e. The van der Waals surface area contributed by atoms with Crippen LogP contribution in [0.3, 0.4) is 0 Å². The van der Waals surface area contributed by atoms with Crippen LogP contribution in [0, 0.1) is 0 Å². The summed E-state index contributed by atoms with van der Waals surface area (Å²) in [7, 11) is 0. The van der Waals surface area contributed by atoms with Crippen molar-refractivity contribution in [3.05, 3.63) is 131 Å². The number of anilines is 2. The van der Waals surface area contributed by atoms with E-state index in [-0.39, 0.29) is 25.0 Å². The Hall–Kier alpha value is -7.30. The van der Waals surface area contributed by atoms with Crippen LogP contribution in [0.25, 0.3) is 22.3 Å². The normalized spacial score (nSPS) is 14.5. The zero-order valence-corrected chi connectivity index (χ0v) is 38.2. The number of hydrogen-bond acceptors (Lipinski definition) is 13. The molecule has 0 unspecified atom stereocenters. The Morgan fingerprint density at radius 2 is 1.14 bits per heavy atom. The number of rotatable bonds is 12. The zero-order chi connectivity index (χ0) is 45.8. The van der Waals surface area contributed by atoms with Crippen molar-refractivity contribution in [2.45, 2.75) is 117 Å². The summed E-state index contributed by atoms with van der Waals surface area (Å²) in [5, 5.41) is 27.0. The van der Waals surface area contributed by atoms with Gasteiger partial charge in [0.15, 0.2) is 0 Å². The van der Waals surface area contributed by atoms with Gasteiger partial charge in [0.05, 0.1) is 23.6 Å². The molecule has 7 aromatic rings. The Morgan fingerprint density at radius 1 is 0.682 bits per heavy atom. The second kappa shape index (κ2) is 19.0. The Kier molecular flexibility index (Phi) is 12.7. The molecule has 1 aliphatic heterocycles. The molecule has 17 heteroatoms. The number of amides is 1. The lowest BCUT2D eigenvalue weighted by Crippen LogP contribution is -2.38. The van der Waals surface area contributed by atoms with Gasteiger partial charge in [-0.1, -0.05) is 62.4 Å². The Bertz CT molecular complexity index is 2760. The summed E-state index contributed by atoms with van der Waals surface area (Å²) in [6.45, 7) is 11.0. The van der Waals surface area contributed by atoms with E-state index < -0.39 is 5.60 Å². The van der Waals surface area contributed by atoms with Crippen LogP contribution in [-0.4, -0.2) is 95.9 Å².